The molecular formula is C15H24FNO. The second-order valence-corrected chi connectivity index (χ2v) is 4.62. The Kier molecular flexibility index (Phi) is 6.73. The smallest absolute Gasteiger partial charge is 0.131 e. The maximum Gasteiger partial charge on any atom is 0.131 e. The van der Waals surface area contributed by atoms with E-state index in [4.69, 9.17) is 4.74 Å². The Hall–Kier alpha value is -1.09. The Morgan fingerprint density at radius 2 is 2.06 bits per heavy atom. The van der Waals surface area contributed by atoms with Crippen molar-refractivity contribution >= 4 is 0 Å². The van der Waals surface area contributed by atoms with E-state index in [1.165, 1.54) is 25.3 Å². The SMILES string of the molecule is CCCCCCNC(C)c1ccc(OC)cc1F. The van der Waals surface area contributed by atoms with Crippen LogP contribution >= 0.6 is 0 Å². The third kappa shape index (κ3) is 4.65. The van der Waals surface area contributed by atoms with Crippen LogP contribution in [-0.2, 0) is 0 Å². The molecule has 1 N–H and O–H groups in total. The molecule has 2 nitrogen and oxygen atoms in total. The highest BCUT2D eigenvalue weighted by Crippen LogP contribution is 2.21. The van der Waals surface area contributed by atoms with Crippen molar-refractivity contribution in [3.63, 3.8) is 0 Å². The number of halogens is 1. The summed E-state index contributed by atoms with van der Waals surface area (Å²) < 4.78 is 18.8. The predicted molar refractivity (Wildman–Crippen MR) is 73.5 cm³/mol. The van der Waals surface area contributed by atoms with E-state index in [9.17, 15) is 4.39 Å². The van der Waals surface area contributed by atoms with Crippen LogP contribution in [0.2, 0.25) is 0 Å². The van der Waals surface area contributed by atoms with Crippen LogP contribution in [0.1, 0.15) is 51.1 Å². The normalized spacial score (nSPS) is 12.4. The molecule has 0 fully saturated rings. The van der Waals surface area contributed by atoms with Crippen molar-refractivity contribution in [1.82, 2.24) is 5.32 Å². The van der Waals surface area contributed by atoms with Gasteiger partial charge in [0.05, 0.1) is 7.11 Å². The molecule has 1 atom stereocenters. The minimum atomic E-state index is -0.206. The standard InChI is InChI=1S/C15H24FNO/c1-4-5-6-7-10-17-12(2)14-9-8-13(18-3)11-15(14)16/h8-9,11-12,17H,4-7,10H2,1-3H3. The second kappa shape index (κ2) is 8.09. The van der Waals surface area contributed by atoms with E-state index in [0.29, 0.717) is 11.3 Å². The lowest BCUT2D eigenvalue weighted by Gasteiger charge is -2.15. The van der Waals surface area contributed by atoms with E-state index in [0.717, 1.165) is 13.0 Å². The number of methoxy groups -OCH3 is 1. The van der Waals surface area contributed by atoms with Gasteiger partial charge in [-0.1, -0.05) is 32.3 Å². The Morgan fingerprint density at radius 1 is 1.28 bits per heavy atom. The molecule has 0 amide bonds. The van der Waals surface area contributed by atoms with Gasteiger partial charge in [0, 0.05) is 17.7 Å². The molecule has 18 heavy (non-hydrogen) atoms. The van der Waals surface area contributed by atoms with Crippen molar-refractivity contribution in [1.29, 1.82) is 0 Å². The highest BCUT2D eigenvalue weighted by molar-refractivity contribution is 5.30. The second-order valence-electron chi connectivity index (χ2n) is 4.62. The van der Waals surface area contributed by atoms with Crippen LogP contribution in [0.4, 0.5) is 4.39 Å². The van der Waals surface area contributed by atoms with Gasteiger partial charge in [-0.25, -0.2) is 4.39 Å². The highest BCUT2D eigenvalue weighted by Gasteiger charge is 2.10. The molecule has 102 valence electrons. The predicted octanol–water partition coefficient (Wildman–Crippen LogP) is 4.07. The van der Waals surface area contributed by atoms with Crippen LogP contribution in [-0.4, -0.2) is 13.7 Å². The summed E-state index contributed by atoms with van der Waals surface area (Å²) in [4.78, 5) is 0. The number of hydrogen-bond acceptors (Lipinski definition) is 2. The molecule has 1 aromatic carbocycles. The number of nitrogens with one attached hydrogen (secondary N) is 1. The molecule has 0 aliphatic heterocycles. The first-order valence-electron chi connectivity index (χ1n) is 6.75. The molecule has 0 aliphatic rings. The monoisotopic (exact) mass is 253 g/mol. The van der Waals surface area contributed by atoms with Crippen LogP contribution in [0, 0.1) is 5.82 Å². The number of unbranched alkanes of at least 4 members (excludes halogenated alkanes) is 3. The number of benzene rings is 1. The van der Waals surface area contributed by atoms with Crippen LogP contribution in [0.15, 0.2) is 18.2 Å². The fourth-order valence-electron chi connectivity index (χ4n) is 1.97. The van der Waals surface area contributed by atoms with Gasteiger partial charge < -0.3 is 10.1 Å². The van der Waals surface area contributed by atoms with Gasteiger partial charge in [-0.05, 0) is 26.0 Å². The zero-order chi connectivity index (χ0) is 13.4. The van der Waals surface area contributed by atoms with E-state index >= 15 is 0 Å². The van der Waals surface area contributed by atoms with Gasteiger partial charge in [0.15, 0.2) is 0 Å². The molecule has 0 spiro atoms. The third-order valence-electron chi connectivity index (χ3n) is 3.15. The molecule has 0 saturated carbocycles. The summed E-state index contributed by atoms with van der Waals surface area (Å²) in [5.74, 6) is 0.356. The molecule has 1 unspecified atom stereocenters. The van der Waals surface area contributed by atoms with E-state index in [1.54, 1.807) is 19.2 Å². The minimum Gasteiger partial charge on any atom is -0.497 e. The first kappa shape index (κ1) is 15.0. The average Bonchev–Trinajstić information content (AvgIpc) is 2.38. The van der Waals surface area contributed by atoms with Gasteiger partial charge in [-0.3, -0.25) is 0 Å². The van der Waals surface area contributed by atoms with Crippen molar-refractivity contribution in [2.45, 2.75) is 45.6 Å². The number of hydrogen-bond donors (Lipinski definition) is 1. The van der Waals surface area contributed by atoms with Crippen LogP contribution in [0.25, 0.3) is 0 Å². The lowest BCUT2D eigenvalue weighted by atomic mass is 10.1. The van der Waals surface area contributed by atoms with Crippen LogP contribution in [0.3, 0.4) is 0 Å². The van der Waals surface area contributed by atoms with Crippen LogP contribution < -0.4 is 10.1 Å². The molecule has 1 aromatic rings. The lowest BCUT2D eigenvalue weighted by molar-refractivity contribution is 0.409. The van der Waals surface area contributed by atoms with Gasteiger partial charge in [0.25, 0.3) is 0 Å². The highest BCUT2D eigenvalue weighted by atomic mass is 19.1. The quantitative estimate of drug-likeness (QED) is 0.705. The Balaban J connectivity index is 2.43. The Bertz CT molecular complexity index is 354. The molecule has 0 radical (unpaired) electrons. The van der Waals surface area contributed by atoms with Gasteiger partial charge >= 0.3 is 0 Å². The van der Waals surface area contributed by atoms with Crippen LogP contribution in [0.5, 0.6) is 5.75 Å². The minimum absolute atomic E-state index is 0.0394. The van der Waals surface area contributed by atoms with E-state index < -0.39 is 0 Å². The molecule has 0 saturated heterocycles. The van der Waals surface area contributed by atoms with Crippen molar-refractivity contribution in [2.24, 2.45) is 0 Å². The molecule has 0 aromatic heterocycles. The van der Waals surface area contributed by atoms with Crippen molar-refractivity contribution in [3.8, 4) is 5.75 Å². The maximum atomic E-state index is 13.8. The molecule has 3 heteroatoms. The molecule has 0 heterocycles. The Morgan fingerprint density at radius 3 is 2.67 bits per heavy atom. The summed E-state index contributed by atoms with van der Waals surface area (Å²) in [7, 11) is 1.55. The zero-order valence-corrected chi connectivity index (χ0v) is 11.6. The largest absolute Gasteiger partial charge is 0.497 e. The first-order chi connectivity index (χ1) is 8.69. The molecular weight excluding hydrogens is 229 g/mol. The van der Waals surface area contributed by atoms with Gasteiger partial charge in [0.2, 0.25) is 0 Å². The van der Waals surface area contributed by atoms with E-state index in [2.05, 4.69) is 12.2 Å². The maximum absolute atomic E-state index is 13.8. The summed E-state index contributed by atoms with van der Waals surface area (Å²) in [5.41, 5.74) is 0.700. The summed E-state index contributed by atoms with van der Waals surface area (Å²) >= 11 is 0. The molecule has 0 bridgehead atoms. The summed E-state index contributed by atoms with van der Waals surface area (Å²) in [6.45, 7) is 5.13. The van der Waals surface area contributed by atoms with Crippen molar-refractivity contribution in [3.05, 3.63) is 29.6 Å². The average molecular weight is 253 g/mol. The van der Waals surface area contributed by atoms with Crippen molar-refractivity contribution < 1.29 is 9.13 Å². The fraction of sp³-hybridized carbons (Fsp3) is 0.600. The summed E-state index contributed by atoms with van der Waals surface area (Å²) in [6.07, 6.45) is 4.90. The van der Waals surface area contributed by atoms with Gasteiger partial charge in [0.1, 0.15) is 11.6 Å². The summed E-state index contributed by atoms with van der Waals surface area (Å²) in [6, 6.07) is 5.06. The first-order valence-corrected chi connectivity index (χ1v) is 6.75. The topological polar surface area (TPSA) is 21.3 Å². The zero-order valence-electron chi connectivity index (χ0n) is 11.6. The van der Waals surface area contributed by atoms with Gasteiger partial charge in [-0.2, -0.15) is 0 Å². The number of rotatable bonds is 8. The summed E-state index contributed by atoms with van der Waals surface area (Å²) in [5, 5.41) is 3.36. The molecule has 1 rings (SSSR count). The fourth-order valence-corrected chi connectivity index (χ4v) is 1.97. The Labute approximate surface area is 110 Å². The van der Waals surface area contributed by atoms with E-state index in [-0.39, 0.29) is 11.9 Å². The van der Waals surface area contributed by atoms with Crippen molar-refractivity contribution in [2.75, 3.05) is 13.7 Å². The third-order valence-corrected chi connectivity index (χ3v) is 3.15. The van der Waals surface area contributed by atoms with E-state index in [1.807, 2.05) is 6.92 Å². The lowest BCUT2D eigenvalue weighted by Crippen LogP contribution is -2.20. The van der Waals surface area contributed by atoms with Gasteiger partial charge in [-0.15, -0.1) is 0 Å². The molecule has 0 aliphatic carbocycles. The number of ether oxygens (including phenoxy) is 1.